The molecule has 1 unspecified atom stereocenters. The van der Waals surface area contributed by atoms with E-state index in [-0.39, 0.29) is 0 Å². The molecular formula is C18H26N2O2. The maximum absolute atomic E-state index is 8.74. The standard InChI is InChI=1S/C18H26N2O2/c1-13(2)18-16(8-9-21-18)12-20-11-15-4-6-17(7-5-15)22-14(3)10-19/h4-7,13-14,16,18,20H,8-9,11-12H2,1-3H3/t14?,16-,18-/m1/s1. The zero-order valence-corrected chi connectivity index (χ0v) is 13.7. The lowest BCUT2D eigenvalue weighted by molar-refractivity contribution is 0.0539. The molecule has 0 amide bonds. The van der Waals surface area contributed by atoms with Crippen molar-refractivity contribution in [3.05, 3.63) is 29.8 Å². The van der Waals surface area contributed by atoms with Gasteiger partial charge in [0.1, 0.15) is 11.8 Å². The minimum atomic E-state index is -0.417. The minimum Gasteiger partial charge on any atom is -0.476 e. The van der Waals surface area contributed by atoms with E-state index in [1.54, 1.807) is 6.92 Å². The van der Waals surface area contributed by atoms with Crippen LogP contribution >= 0.6 is 0 Å². The molecule has 3 atom stereocenters. The first-order valence-corrected chi connectivity index (χ1v) is 8.07. The highest BCUT2D eigenvalue weighted by Crippen LogP contribution is 2.26. The Hall–Kier alpha value is -1.57. The van der Waals surface area contributed by atoms with Gasteiger partial charge in [0.2, 0.25) is 0 Å². The molecule has 0 radical (unpaired) electrons. The average molecular weight is 302 g/mol. The SMILES string of the molecule is CC(C#N)Oc1ccc(CNC[C@H]2CCO[C@@H]2C(C)C)cc1. The normalized spacial score (nSPS) is 22.5. The van der Waals surface area contributed by atoms with Gasteiger partial charge in [0.15, 0.2) is 6.10 Å². The van der Waals surface area contributed by atoms with E-state index in [1.807, 2.05) is 24.3 Å². The van der Waals surface area contributed by atoms with E-state index in [2.05, 4.69) is 25.2 Å². The van der Waals surface area contributed by atoms with Gasteiger partial charge in [-0.05, 0) is 42.9 Å². The van der Waals surface area contributed by atoms with Gasteiger partial charge in [-0.2, -0.15) is 5.26 Å². The van der Waals surface area contributed by atoms with Crippen LogP contribution in [0, 0.1) is 23.2 Å². The Morgan fingerprint density at radius 1 is 1.32 bits per heavy atom. The van der Waals surface area contributed by atoms with Gasteiger partial charge >= 0.3 is 0 Å². The Morgan fingerprint density at radius 3 is 2.68 bits per heavy atom. The van der Waals surface area contributed by atoms with E-state index in [9.17, 15) is 0 Å². The van der Waals surface area contributed by atoms with E-state index in [1.165, 1.54) is 5.56 Å². The van der Waals surface area contributed by atoms with E-state index < -0.39 is 6.10 Å². The number of hydrogen-bond acceptors (Lipinski definition) is 4. The van der Waals surface area contributed by atoms with Crippen LogP contribution in [-0.4, -0.2) is 25.4 Å². The highest BCUT2D eigenvalue weighted by molar-refractivity contribution is 5.27. The number of nitrogens with one attached hydrogen (secondary N) is 1. The summed E-state index contributed by atoms with van der Waals surface area (Å²) in [6, 6.07) is 9.97. The van der Waals surface area contributed by atoms with Crippen LogP contribution in [0.15, 0.2) is 24.3 Å². The van der Waals surface area contributed by atoms with Crippen molar-refractivity contribution in [1.29, 1.82) is 5.26 Å². The Balaban J connectivity index is 1.76. The molecule has 4 heteroatoms. The van der Waals surface area contributed by atoms with Gasteiger partial charge in [-0.15, -0.1) is 0 Å². The molecule has 1 aliphatic rings. The van der Waals surface area contributed by atoms with Crippen molar-refractivity contribution in [3.8, 4) is 11.8 Å². The Labute approximate surface area is 133 Å². The van der Waals surface area contributed by atoms with Crippen LogP contribution in [-0.2, 0) is 11.3 Å². The summed E-state index contributed by atoms with van der Waals surface area (Å²) in [6.45, 7) is 8.92. The Kier molecular flexibility index (Phi) is 6.23. The fraction of sp³-hybridized carbons (Fsp3) is 0.611. The first kappa shape index (κ1) is 16.8. The average Bonchev–Trinajstić information content (AvgIpc) is 2.97. The monoisotopic (exact) mass is 302 g/mol. The molecule has 0 spiro atoms. The third-order valence-corrected chi connectivity index (χ3v) is 4.07. The van der Waals surface area contributed by atoms with Crippen molar-refractivity contribution in [1.82, 2.24) is 5.32 Å². The smallest absolute Gasteiger partial charge is 0.181 e. The van der Waals surface area contributed by atoms with Crippen LogP contribution in [0.3, 0.4) is 0 Å². The van der Waals surface area contributed by atoms with Crippen molar-refractivity contribution < 1.29 is 9.47 Å². The molecule has 2 rings (SSSR count). The first-order chi connectivity index (χ1) is 10.6. The Morgan fingerprint density at radius 2 is 2.05 bits per heavy atom. The van der Waals surface area contributed by atoms with E-state index in [4.69, 9.17) is 14.7 Å². The molecule has 1 aromatic rings. The second-order valence-corrected chi connectivity index (χ2v) is 6.29. The maximum atomic E-state index is 8.74. The second kappa shape index (κ2) is 8.17. The van der Waals surface area contributed by atoms with E-state index >= 15 is 0 Å². The highest BCUT2D eigenvalue weighted by Gasteiger charge is 2.29. The molecule has 0 bridgehead atoms. The van der Waals surface area contributed by atoms with Crippen molar-refractivity contribution in [2.45, 2.75) is 45.9 Å². The number of ether oxygens (including phenoxy) is 2. The highest BCUT2D eigenvalue weighted by atomic mass is 16.5. The van der Waals surface area contributed by atoms with Crippen LogP contribution < -0.4 is 10.1 Å². The molecule has 1 fully saturated rings. The van der Waals surface area contributed by atoms with Crippen molar-refractivity contribution >= 4 is 0 Å². The third kappa shape index (κ3) is 4.72. The van der Waals surface area contributed by atoms with Crippen LogP contribution in [0.4, 0.5) is 0 Å². The number of benzene rings is 1. The zero-order chi connectivity index (χ0) is 15.9. The fourth-order valence-corrected chi connectivity index (χ4v) is 2.93. The summed E-state index contributed by atoms with van der Waals surface area (Å²) in [5.41, 5.74) is 1.22. The number of hydrogen-bond donors (Lipinski definition) is 1. The van der Waals surface area contributed by atoms with Gasteiger partial charge in [-0.1, -0.05) is 26.0 Å². The number of rotatable bonds is 7. The summed E-state index contributed by atoms with van der Waals surface area (Å²) in [5.74, 6) is 1.92. The molecule has 0 aliphatic carbocycles. The lowest BCUT2D eigenvalue weighted by Crippen LogP contribution is -2.31. The summed E-state index contributed by atoms with van der Waals surface area (Å²) >= 11 is 0. The topological polar surface area (TPSA) is 54.3 Å². The lowest BCUT2D eigenvalue weighted by atomic mass is 9.93. The summed E-state index contributed by atoms with van der Waals surface area (Å²) in [4.78, 5) is 0. The van der Waals surface area contributed by atoms with Crippen LogP contribution in [0.5, 0.6) is 5.75 Å². The zero-order valence-electron chi connectivity index (χ0n) is 13.7. The lowest BCUT2D eigenvalue weighted by Gasteiger charge is -2.22. The van der Waals surface area contributed by atoms with Crippen molar-refractivity contribution in [3.63, 3.8) is 0 Å². The first-order valence-electron chi connectivity index (χ1n) is 8.07. The molecular weight excluding hydrogens is 276 g/mol. The molecule has 0 aromatic heterocycles. The predicted octanol–water partition coefficient (Wildman–Crippen LogP) is 3.13. The van der Waals surface area contributed by atoms with Gasteiger partial charge in [0, 0.05) is 19.7 Å². The molecule has 1 heterocycles. The predicted molar refractivity (Wildman–Crippen MR) is 86.5 cm³/mol. The molecule has 120 valence electrons. The Bertz CT molecular complexity index is 493. The molecule has 1 N–H and O–H groups in total. The minimum absolute atomic E-state index is 0.385. The van der Waals surface area contributed by atoms with Crippen LogP contribution in [0.1, 0.15) is 32.8 Å². The summed E-state index contributed by atoms with van der Waals surface area (Å²) < 4.78 is 11.3. The molecule has 1 aromatic carbocycles. The van der Waals surface area contributed by atoms with E-state index in [0.717, 1.165) is 31.9 Å². The second-order valence-electron chi connectivity index (χ2n) is 6.29. The van der Waals surface area contributed by atoms with Crippen LogP contribution in [0.2, 0.25) is 0 Å². The number of nitrogens with zero attached hydrogens (tertiary/aromatic N) is 1. The molecule has 0 saturated carbocycles. The fourth-order valence-electron chi connectivity index (χ4n) is 2.93. The molecule has 1 aliphatic heterocycles. The van der Waals surface area contributed by atoms with Gasteiger partial charge in [-0.25, -0.2) is 0 Å². The van der Waals surface area contributed by atoms with E-state index in [0.29, 0.717) is 17.9 Å². The van der Waals surface area contributed by atoms with Gasteiger partial charge in [-0.3, -0.25) is 0 Å². The van der Waals surface area contributed by atoms with Gasteiger partial charge < -0.3 is 14.8 Å². The van der Waals surface area contributed by atoms with Gasteiger partial charge in [0.05, 0.1) is 6.10 Å². The van der Waals surface area contributed by atoms with Crippen LogP contribution in [0.25, 0.3) is 0 Å². The van der Waals surface area contributed by atoms with Crippen molar-refractivity contribution in [2.24, 2.45) is 11.8 Å². The molecule has 4 nitrogen and oxygen atoms in total. The molecule has 22 heavy (non-hydrogen) atoms. The summed E-state index contributed by atoms with van der Waals surface area (Å²) in [5, 5.41) is 12.3. The van der Waals surface area contributed by atoms with Gasteiger partial charge in [0.25, 0.3) is 0 Å². The molecule has 1 saturated heterocycles. The quantitative estimate of drug-likeness (QED) is 0.841. The maximum Gasteiger partial charge on any atom is 0.181 e. The summed E-state index contributed by atoms with van der Waals surface area (Å²) in [6.07, 6.45) is 1.12. The third-order valence-electron chi connectivity index (χ3n) is 4.07. The summed E-state index contributed by atoms with van der Waals surface area (Å²) in [7, 11) is 0. The number of nitriles is 1. The largest absolute Gasteiger partial charge is 0.476 e. The van der Waals surface area contributed by atoms with Crippen molar-refractivity contribution in [2.75, 3.05) is 13.2 Å².